The van der Waals surface area contributed by atoms with E-state index in [1.165, 1.54) is 18.2 Å². The van der Waals surface area contributed by atoms with Gasteiger partial charge in [-0.25, -0.2) is 17.2 Å². The third-order valence-corrected chi connectivity index (χ3v) is 5.35. The molecule has 0 bridgehead atoms. The van der Waals surface area contributed by atoms with Gasteiger partial charge in [0.2, 0.25) is 0 Å². The van der Waals surface area contributed by atoms with Crippen molar-refractivity contribution in [3.05, 3.63) is 64.1 Å². The average Bonchev–Trinajstić information content (AvgIpc) is 2.38. The summed E-state index contributed by atoms with van der Waals surface area (Å²) in [7, 11) is -3.92. The number of halogens is 3. The minimum atomic E-state index is -3.92. The second-order valence-corrected chi connectivity index (χ2v) is 7.05. The summed E-state index contributed by atoms with van der Waals surface area (Å²) in [5, 5.41) is 0. The fourth-order valence-electron chi connectivity index (χ4n) is 1.74. The molecule has 0 aliphatic carbocycles. The molecule has 0 N–H and O–H groups in total. The predicted molar refractivity (Wildman–Crippen MR) is 76.9 cm³/mol. The van der Waals surface area contributed by atoms with Crippen LogP contribution in [0.3, 0.4) is 0 Å². The van der Waals surface area contributed by atoms with E-state index in [9.17, 15) is 22.0 Å². The van der Waals surface area contributed by atoms with Gasteiger partial charge in [0.15, 0.2) is 15.6 Å². The maximum Gasteiger partial charge on any atom is 0.186 e. The van der Waals surface area contributed by atoms with Gasteiger partial charge in [0.05, 0.1) is 10.5 Å². The molecule has 0 saturated heterocycles. The van der Waals surface area contributed by atoms with Gasteiger partial charge in [-0.2, -0.15) is 0 Å². The van der Waals surface area contributed by atoms with Crippen molar-refractivity contribution >= 4 is 31.6 Å². The lowest BCUT2D eigenvalue weighted by molar-refractivity contribution is 0.101. The molecule has 0 aliphatic rings. The molecule has 0 fully saturated rings. The summed E-state index contributed by atoms with van der Waals surface area (Å²) in [6.45, 7) is 0. The summed E-state index contributed by atoms with van der Waals surface area (Å²) < 4.78 is 50.9. The molecule has 3 nitrogen and oxygen atoms in total. The largest absolute Gasteiger partial charge is 0.293 e. The Balaban J connectivity index is 2.33. The summed E-state index contributed by atoms with van der Waals surface area (Å²) in [6, 6.07) is 8.39. The highest BCUT2D eigenvalue weighted by Crippen LogP contribution is 2.23. The first kappa shape index (κ1) is 15.8. The number of hydrogen-bond acceptors (Lipinski definition) is 3. The Morgan fingerprint density at radius 3 is 2.38 bits per heavy atom. The Kier molecular flexibility index (Phi) is 4.53. The van der Waals surface area contributed by atoms with Crippen LogP contribution in [0.4, 0.5) is 8.78 Å². The highest BCUT2D eigenvalue weighted by Gasteiger charge is 2.24. The van der Waals surface area contributed by atoms with Crippen LogP contribution in [0.1, 0.15) is 10.4 Å². The van der Waals surface area contributed by atoms with Gasteiger partial charge in [0.1, 0.15) is 17.4 Å². The molecule has 0 heterocycles. The number of hydrogen-bond donors (Lipinski definition) is 0. The van der Waals surface area contributed by atoms with Crippen LogP contribution >= 0.6 is 15.9 Å². The third kappa shape index (κ3) is 3.54. The molecular weight excluding hydrogens is 366 g/mol. The SMILES string of the molecule is O=C(CS(=O)(=O)c1ccccc1Br)c1ccc(F)cc1F. The molecule has 21 heavy (non-hydrogen) atoms. The molecule has 0 amide bonds. The molecule has 0 aliphatic heterocycles. The number of benzene rings is 2. The van der Waals surface area contributed by atoms with Crippen molar-refractivity contribution < 1.29 is 22.0 Å². The highest BCUT2D eigenvalue weighted by molar-refractivity contribution is 9.10. The zero-order valence-corrected chi connectivity index (χ0v) is 12.9. The van der Waals surface area contributed by atoms with Crippen LogP contribution in [0.2, 0.25) is 0 Å². The molecule has 7 heteroatoms. The van der Waals surface area contributed by atoms with E-state index in [0.29, 0.717) is 10.5 Å². The van der Waals surface area contributed by atoms with E-state index in [0.717, 1.165) is 12.1 Å². The molecule has 2 aromatic carbocycles. The van der Waals surface area contributed by atoms with E-state index in [1.54, 1.807) is 6.07 Å². The van der Waals surface area contributed by atoms with Gasteiger partial charge in [-0.1, -0.05) is 12.1 Å². The molecule has 0 atom stereocenters. The highest BCUT2D eigenvalue weighted by atomic mass is 79.9. The molecule has 110 valence electrons. The van der Waals surface area contributed by atoms with Gasteiger partial charge in [-0.05, 0) is 40.2 Å². The van der Waals surface area contributed by atoms with Crippen LogP contribution in [-0.2, 0) is 9.84 Å². The van der Waals surface area contributed by atoms with E-state index in [-0.39, 0.29) is 4.90 Å². The predicted octanol–water partition coefficient (Wildman–Crippen LogP) is 3.38. The Morgan fingerprint density at radius 2 is 1.76 bits per heavy atom. The van der Waals surface area contributed by atoms with Crippen molar-refractivity contribution in [1.82, 2.24) is 0 Å². The van der Waals surface area contributed by atoms with Crippen molar-refractivity contribution in [3.63, 3.8) is 0 Å². The minimum absolute atomic E-state index is 0.0548. The van der Waals surface area contributed by atoms with Gasteiger partial charge in [-0.15, -0.1) is 0 Å². The molecule has 0 aromatic heterocycles. The monoisotopic (exact) mass is 374 g/mol. The normalized spacial score (nSPS) is 11.4. The van der Waals surface area contributed by atoms with Crippen LogP contribution in [0.25, 0.3) is 0 Å². The molecule has 0 spiro atoms. The Morgan fingerprint density at radius 1 is 1.10 bits per heavy atom. The summed E-state index contributed by atoms with van der Waals surface area (Å²) in [5.41, 5.74) is -0.452. The smallest absolute Gasteiger partial charge is 0.186 e. The summed E-state index contributed by atoms with van der Waals surface area (Å²) in [4.78, 5) is 11.9. The Hall–Kier alpha value is -1.60. The number of carbonyl (C=O) groups is 1. The zero-order valence-electron chi connectivity index (χ0n) is 10.5. The van der Waals surface area contributed by atoms with E-state index in [4.69, 9.17) is 0 Å². The van der Waals surface area contributed by atoms with Gasteiger partial charge in [-0.3, -0.25) is 4.79 Å². The first-order chi connectivity index (χ1) is 9.81. The van der Waals surface area contributed by atoms with Crippen molar-refractivity contribution in [2.45, 2.75) is 4.90 Å². The maximum atomic E-state index is 13.5. The number of rotatable bonds is 4. The molecule has 0 radical (unpaired) electrons. The molecule has 0 saturated carbocycles. The van der Waals surface area contributed by atoms with Gasteiger partial charge in [0, 0.05) is 10.5 Å². The molecule has 2 aromatic rings. The fraction of sp³-hybridized carbons (Fsp3) is 0.0714. The number of ketones is 1. The fourth-order valence-corrected chi connectivity index (χ4v) is 4.07. The number of carbonyl (C=O) groups excluding carboxylic acids is 1. The van der Waals surface area contributed by atoms with E-state index in [1.807, 2.05) is 0 Å². The van der Waals surface area contributed by atoms with Crippen molar-refractivity contribution in [1.29, 1.82) is 0 Å². The second kappa shape index (κ2) is 6.03. The number of Topliss-reactive ketones (excluding diaryl/α,β-unsaturated/α-hetero) is 1. The summed E-state index contributed by atoms with van der Waals surface area (Å²) in [5.74, 6) is -3.73. The quantitative estimate of drug-likeness (QED) is 0.770. The number of sulfone groups is 1. The lowest BCUT2D eigenvalue weighted by Crippen LogP contribution is -2.18. The second-order valence-electron chi connectivity index (χ2n) is 4.24. The van der Waals surface area contributed by atoms with Crippen molar-refractivity contribution in [2.24, 2.45) is 0 Å². The van der Waals surface area contributed by atoms with E-state index < -0.39 is 38.6 Å². The Labute approximate surface area is 128 Å². The average molecular weight is 375 g/mol. The van der Waals surface area contributed by atoms with E-state index in [2.05, 4.69) is 15.9 Å². The van der Waals surface area contributed by atoms with Crippen molar-refractivity contribution in [3.8, 4) is 0 Å². The lowest BCUT2D eigenvalue weighted by Gasteiger charge is -2.06. The summed E-state index contributed by atoms with van der Waals surface area (Å²) >= 11 is 3.09. The van der Waals surface area contributed by atoms with Gasteiger partial charge < -0.3 is 0 Å². The van der Waals surface area contributed by atoms with Gasteiger partial charge in [0.25, 0.3) is 0 Å². The topological polar surface area (TPSA) is 51.2 Å². The van der Waals surface area contributed by atoms with Gasteiger partial charge >= 0.3 is 0 Å². The summed E-state index contributed by atoms with van der Waals surface area (Å²) in [6.07, 6.45) is 0. The third-order valence-electron chi connectivity index (χ3n) is 2.72. The van der Waals surface area contributed by atoms with Crippen molar-refractivity contribution in [2.75, 3.05) is 5.75 Å². The standard InChI is InChI=1S/C14H9BrF2O3S/c15-11-3-1-2-4-14(11)21(19,20)8-13(18)10-6-5-9(16)7-12(10)17/h1-7H,8H2. The molecule has 0 unspecified atom stereocenters. The molecule has 2 rings (SSSR count). The first-order valence-electron chi connectivity index (χ1n) is 5.77. The zero-order chi connectivity index (χ0) is 15.6. The van der Waals surface area contributed by atoms with Crippen LogP contribution in [0.15, 0.2) is 51.8 Å². The van der Waals surface area contributed by atoms with Crippen LogP contribution in [0, 0.1) is 11.6 Å². The van der Waals surface area contributed by atoms with Crippen LogP contribution in [0.5, 0.6) is 0 Å². The Bertz CT molecular complexity index is 804. The maximum absolute atomic E-state index is 13.5. The van der Waals surface area contributed by atoms with Crippen LogP contribution < -0.4 is 0 Å². The lowest BCUT2D eigenvalue weighted by atomic mass is 10.1. The minimum Gasteiger partial charge on any atom is -0.293 e. The van der Waals surface area contributed by atoms with Crippen LogP contribution in [-0.4, -0.2) is 20.0 Å². The van der Waals surface area contributed by atoms with E-state index >= 15 is 0 Å². The first-order valence-corrected chi connectivity index (χ1v) is 8.21. The molecular formula is C14H9BrF2O3S.